The second-order valence-electron chi connectivity index (χ2n) is 8.50. The van der Waals surface area contributed by atoms with Crippen molar-refractivity contribution in [3.05, 3.63) is 94.9 Å². The molecule has 1 heterocycles. The maximum atomic E-state index is 13.3. The first-order chi connectivity index (χ1) is 17.0. The first-order valence-corrected chi connectivity index (χ1v) is 12.8. The van der Waals surface area contributed by atoms with E-state index in [-0.39, 0.29) is 18.4 Å². The number of aryl methyl sites for hydroxylation is 1. The average Bonchev–Trinajstić information content (AvgIpc) is 2.87. The first kappa shape index (κ1) is 24.6. The lowest BCUT2D eigenvalue weighted by molar-refractivity contribution is -0.122. The number of carbonyl (C=O) groups is 2. The van der Waals surface area contributed by atoms with Gasteiger partial charge in [-0.3, -0.25) is 14.5 Å². The Hall–Kier alpha value is -3.51. The summed E-state index contributed by atoms with van der Waals surface area (Å²) < 4.78 is 0. The molecule has 1 aliphatic heterocycles. The second-order valence-corrected chi connectivity index (χ2v) is 9.59. The van der Waals surface area contributed by atoms with Gasteiger partial charge in [0.2, 0.25) is 5.91 Å². The van der Waals surface area contributed by atoms with Gasteiger partial charge in [-0.05, 0) is 61.7 Å². The molecule has 1 N–H and O–H groups in total. The summed E-state index contributed by atoms with van der Waals surface area (Å²) >= 11 is 1.45. The fourth-order valence-electron chi connectivity index (χ4n) is 4.11. The first-order valence-electron chi connectivity index (χ1n) is 12.0. The number of nitrogens with zero attached hydrogens (tertiary/aromatic N) is 2. The fourth-order valence-corrected chi connectivity index (χ4v) is 5.17. The van der Waals surface area contributed by atoms with Crippen molar-refractivity contribution in [1.82, 2.24) is 5.32 Å². The number of nitrogens with one attached hydrogen (secondary N) is 1. The molecule has 0 aromatic heterocycles. The largest absolute Gasteiger partial charge is 0.372 e. The van der Waals surface area contributed by atoms with Crippen LogP contribution in [-0.4, -0.2) is 38.0 Å². The highest BCUT2D eigenvalue weighted by Gasteiger charge is 2.30. The fraction of sp³-hybridized carbons (Fsp3) is 0.241. The summed E-state index contributed by atoms with van der Waals surface area (Å²) in [5.41, 5.74) is 4.17. The van der Waals surface area contributed by atoms with Crippen molar-refractivity contribution in [2.75, 3.05) is 36.0 Å². The Balaban J connectivity index is 1.37. The number of anilines is 2. The van der Waals surface area contributed by atoms with Gasteiger partial charge in [0, 0.05) is 30.2 Å². The minimum Gasteiger partial charge on any atom is -0.372 e. The van der Waals surface area contributed by atoms with Gasteiger partial charge in [-0.25, -0.2) is 0 Å². The summed E-state index contributed by atoms with van der Waals surface area (Å²) in [6.45, 7) is 6.55. The Morgan fingerprint density at radius 3 is 2.57 bits per heavy atom. The Morgan fingerprint density at radius 2 is 1.80 bits per heavy atom. The summed E-state index contributed by atoms with van der Waals surface area (Å²) in [6, 6.07) is 26.0. The van der Waals surface area contributed by atoms with E-state index in [9.17, 15) is 9.59 Å². The molecule has 0 radical (unpaired) electrons. The number of amides is 2. The standard InChI is InChI=1S/C29H31N3O2S/c1-3-31(24-14-9-11-22(2)19-24)18-10-17-30-28(33)21-32-25-15-7-8-16-26(25)35-27(29(32)34)20-23-12-5-4-6-13-23/h4-9,11-16,19-20H,3,10,17-18,21H2,1-2H3,(H,30,33). The van der Waals surface area contributed by atoms with Crippen molar-refractivity contribution in [3.63, 3.8) is 0 Å². The lowest BCUT2D eigenvalue weighted by Gasteiger charge is -2.30. The number of thioether (sulfide) groups is 1. The summed E-state index contributed by atoms with van der Waals surface area (Å²) in [6.07, 6.45) is 2.71. The van der Waals surface area contributed by atoms with E-state index in [2.05, 4.69) is 48.3 Å². The summed E-state index contributed by atoms with van der Waals surface area (Å²) in [5.74, 6) is -0.304. The number of hydrogen-bond acceptors (Lipinski definition) is 4. The van der Waals surface area contributed by atoms with Gasteiger partial charge in [0.05, 0.1) is 10.6 Å². The van der Waals surface area contributed by atoms with Crippen LogP contribution in [0.3, 0.4) is 0 Å². The number of para-hydroxylation sites is 1. The lowest BCUT2D eigenvalue weighted by Crippen LogP contribution is -2.43. The predicted octanol–water partition coefficient (Wildman–Crippen LogP) is 5.51. The SMILES string of the molecule is CCN(CCCNC(=O)CN1C(=O)C(=Cc2ccccc2)Sc2ccccc21)c1cccc(C)c1. The third-order valence-electron chi connectivity index (χ3n) is 5.91. The molecule has 0 unspecified atom stereocenters. The molecule has 0 spiro atoms. The van der Waals surface area contributed by atoms with Crippen molar-refractivity contribution >= 4 is 41.0 Å². The lowest BCUT2D eigenvalue weighted by atomic mass is 10.2. The molecule has 5 nitrogen and oxygen atoms in total. The molecule has 6 heteroatoms. The molecular weight excluding hydrogens is 454 g/mol. The Labute approximate surface area is 211 Å². The highest BCUT2D eigenvalue weighted by molar-refractivity contribution is 8.04. The molecule has 0 aliphatic carbocycles. The third-order valence-corrected chi connectivity index (χ3v) is 6.98. The van der Waals surface area contributed by atoms with Crippen LogP contribution in [0.4, 0.5) is 11.4 Å². The summed E-state index contributed by atoms with van der Waals surface area (Å²) in [5, 5.41) is 3.00. The molecule has 35 heavy (non-hydrogen) atoms. The molecule has 2 amide bonds. The predicted molar refractivity (Wildman–Crippen MR) is 146 cm³/mol. The van der Waals surface area contributed by atoms with Gasteiger partial charge < -0.3 is 10.2 Å². The minimum atomic E-state index is -0.155. The van der Waals surface area contributed by atoms with E-state index < -0.39 is 0 Å². The Morgan fingerprint density at radius 1 is 1.03 bits per heavy atom. The molecular formula is C29H31N3O2S. The van der Waals surface area contributed by atoms with Crippen molar-refractivity contribution in [1.29, 1.82) is 0 Å². The number of fused-ring (bicyclic) bond motifs is 1. The number of benzene rings is 3. The van der Waals surface area contributed by atoms with Crippen LogP contribution >= 0.6 is 11.8 Å². The molecule has 0 saturated heterocycles. The summed E-state index contributed by atoms with van der Waals surface area (Å²) in [7, 11) is 0. The van der Waals surface area contributed by atoms with Gasteiger partial charge in [-0.2, -0.15) is 0 Å². The second kappa shape index (κ2) is 11.8. The van der Waals surface area contributed by atoms with Gasteiger partial charge >= 0.3 is 0 Å². The Kier molecular flexibility index (Phi) is 8.27. The van der Waals surface area contributed by atoms with Gasteiger partial charge in [0.1, 0.15) is 6.54 Å². The zero-order valence-electron chi connectivity index (χ0n) is 20.2. The number of carbonyl (C=O) groups excluding carboxylic acids is 2. The van der Waals surface area contributed by atoms with E-state index in [1.54, 1.807) is 4.90 Å². The smallest absolute Gasteiger partial charge is 0.265 e. The van der Waals surface area contributed by atoms with Crippen LogP contribution in [0.15, 0.2) is 88.7 Å². The van der Waals surface area contributed by atoms with E-state index >= 15 is 0 Å². The van der Waals surface area contributed by atoms with Crippen molar-refractivity contribution in [2.24, 2.45) is 0 Å². The normalized spacial score (nSPS) is 14.1. The average molecular weight is 486 g/mol. The van der Waals surface area contributed by atoms with Crippen molar-refractivity contribution in [2.45, 2.75) is 25.2 Å². The van der Waals surface area contributed by atoms with Gasteiger partial charge in [-0.15, -0.1) is 0 Å². The van der Waals surface area contributed by atoms with E-state index in [1.165, 1.54) is 23.0 Å². The van der Waals surface area contributed by atoms with Crippen LogP contribution in [0, 0.1) is 6.92 Å². The summed E-state index contributed by atoms with van der Waals surface area (Å²) in [4.78, 5) is 31.6. The van der Waals surface area contributed by atoms with Crippen LogP contribution < -0.4 is 15.1 Å². The van der Waals surface area contributed by atoms with Crippen LogP contribution in [-0.2, 0) is 9.59 Å². The maximum absolute atomic E-state index is 13.3. The molecule has 180 valence electrons. The maximum Gasteiger partial charge on any atom is 0.265 e. The zero-order chi connectivity index (χ0) is 24.6. The van der Waals surface area contributed by atoms with Crippen LogP contribution in [0.2, 0.25) is 0 Å². The topological polar surface area (TPSA) is 52.7 Å². The van der Waals surface area contributed by atoms with E-state index in [0.29, 0.717) is 11.4 Å². The molecule has 0 bridgehead atoms. The minimum absolute atomic E-state index is 0.00208. The molecule has 3 aromatic carbocycles. The van der Waals surface area contributed by atoms with E-state index in [4.69, 9.17) is 0 Å². The highest BCUT2D eigenvalue weighted by atomic mass is 32.2. The van der Waals surface area contributed by atoms with Crippen LogP contribution in [0.5, 0.6) is 0 Å². The molecule has 1 aliphatic rings. The quantitative estimate of drug-likeness (QED) is 0.321. The molecule has 0 saturated carbocycles. The molecule has 3 aromatic rings. The molecule has 4 rings (SSSR count). The van der Waals surface area contributed by atoms with Crippen molar-refractivity contribution in [3.8, 4) is 0 Å². The zero-order valence-corrected chi connectivity index (χ0v) is 21.1. The van der Waals surface area contributed by atoms with E-state index in [1.807, 2.05) is 60.7 Å². The van der Waals surface area contributed by atoms with Gasteiger partial charge in [0.25, 0.3) is 5.91 Å². The molecule has 0 atom stereocenters. The Bertz CT molecular complexity index is 1210. The monoisotopic (exact) mass is 485 g/mol. The van der Waals surface area contributed by atoms with Crippen LogP contribution in [0.25, 0.3) is 6.08 Å². The number of rotatable bonds is 9. The third kappa shape index (κ3) is 6.34. The van der Waals surface area contributed by atoms with E-state index in [0.717, 1.165) is 35.7 Å². The highest BCUT2D eigenvalue weighted by Crippen LogP contribution is 2.41. The van der Waals surface area contributed by atoms with Crippen molar-refractivity contribution < 1.29 is 9.59 Å². The van der Waals surface area contributed by atoms with Gasteiger partial charge in [0.15, 0.2) is 0 Å². The van der Waals surface area contributed by atoms with Gasteiger partial charge in [-0.1, -0.05) is 66.4 Å². The molecule has 0 fully saturated rings. The number of hydrogen-bond donors (Lipinski definition) is 1. The van der Waals surface area contributed by atoms with Crippen LogP contribution in [0.1, 0.15) is 24.5 Å².